The van der Waals surface area contributed by atoms with Crippen molar-refractivity contribution in [1.82, 2.24) is 15.4 Å². The highest BCUT2D eigenvalue weighted by molar-refractivity contribution is 6.01. The summed E-state index contributed by atoms with van der Waals surface area (Å²) in [6, 6.07) is 5.26. The van der Waals surface area contributed by atoms with Gasteiger partial charge in [-0.25, -0.2) is 19.8 Å². The van der Waals surface area contributed by atoms with Gasteiger partial charge in [-0.15, -0.1) is 5.06 Å². The number of hydrogen-bond acceptors (Lipinski definition) is 13. The molecule has 6 fully saturated rings. The molecular formula is C40H64N6O11. The molecule has 2 aliphatic heterocycles. The number of aliphatic carboxylic acids is 1. The Bertz CT molecular complexity index is 1350. The lowest BCUT2D eigenvalue weighted by Gasteiger charge is -2.25. The van der Waals surface area contributed by atoms with Gasteiger partial charge in [-0.1, -0.05) is 77.0 Å². The first-order valence-corrected chi connectivity index (χ1v) is 20.7. The van der Waals surface area contributed by atoms with E-state index in [1.165, 1.54) is 110 Å². The minimum absolute atomic E-state index is 0.131. The molecule has 17 nitrogen and oxygen atoms in total. The number of rotatable bonds is 5. The molecule has 0 aromatic carbocycles. The highest BCUT2D eigenvalue weighted by Gasteiger charge is 2.32. The van der Waals surface area contributed by atoms with Crippen LogP contribution in [-0.2, 0) is 43.1 Å². The number of nitrogens with one attached hydrogen (secondary N) is 1. The summed E-state index contributed by atoms with van der Waals surface area (Å²) in [5.41, 5.74) is 0. The van der Waals surface area contributed by atoms with E-state index in [4.69, 9.17) is 19.8 Å². The fraction of sp³-hybridized carbons (Fsp3) is 0.775. The van der Waals surface area contributed by atoms with E-state index in [0.717, 1.165) is 39.5 Å². The number of nitrogens with zero attached hydrogens (tertiary/aromatic N) is 5. The molecule has 0 radical (unpaired) electrons. The minimum Gasteiger partial charge on any atom is -0.481 e. The lowest BCUT2D eigenvalue weighted by molar-refractivity contribution is -0.195. The number of amides is 4. The lowest BCUT2D eigenvalue weighted by atomic mass is 9.95. The second-order valence-electron chi connectivity index (χ2n) is 15.0. The van der Waals surface area contributed by atoms with Crippen molar-refractivity contribution < 1.29 is 53.4 Å². The predicted molar refractivity (Wildman–Crippen MR) is 209 cm³/mol. The monoisotopic (exact) mass is 804 g/mol. The van der Waals surface area contributed by atoms with Gasteiger partial charge in [-0.05, 0) is 51.4 Å². The van der Waals surface area contributed by atoms with Crippen LogP contribution in [0.3, 0.4) is 0 Å². The molecule has 0 bridgehead atoms. The number of ether oxygens (including phenoxy) is 1. The van der Waals surface area contributed by atoms with Crippen LogP contribution in [-0.4, -0.2) is 98.2 Å². The third kappa shape index (κ3) is 22.1. The van der Waals surface area contributed by atoms with E-state index in [0.29, 0.717) is 35.3 Å². The number of hydrogen-bond donors (Lipinski definition) is 3. The van der Waals surface area contributed by atoms with E-state index in [1.54, 1.807) is 0 Å². The van der Waals surface area contributed by atoms with Crippen molar-refractivity contribution in [2.24, 2.45) is 15.0 Å². The fourth-order valence-electron chi connectivity index (χ4n) is 6.99. The van der Waals surface area contributed by atoms with E-state index >= 15 is 0 Å². The van der Waals surface area contributed by atoms with E-state index in [2.05, 4.69) is 31.1 Å². The Morgan fingerprint density at radius 1 is 0.596 bits per heavy atom. The van der Waals surface area contributed by atoms with Gasteiger partial charge in [0.25, 0.3) is 35.6 Å². The number of esters is 1. The molecule has 17 heteroatoms. The molecule has 2 heterocycles. The summed E-state index contributed by atoms with van der Waals surface area (Å²) in [5.74, 6) is -3.69. The van der Waals surface area contributed by atoms with E-state index in [-0.39, 0.29) is 36.7 Å². The zero-order chi connectivity index (χ0) is 42.0. The normalized spacial score (nSPS) is 20.8. The molecule has 0 spiro atoms. The van der Waals surface area contributed by atoms with Crippen molar-refractivity contribution >= 4 is 53.6 Å². The van der Waals surface area contributed by atoms with Crippen LogP contribution in [0.25, 0.3) is 0 Å². The zero-order valence-corrected chi connectivity index (χ0v) is 34.1. The Balaban J connectivity index is 0.000000264. The number of carboxylic acid groups (broad SMARTS) is 1. The molecule has 4 aliphatic carbocycles. The highest BCUT2D eigenvalue weighted by Crippen LogP contribution is 2.23. The SMILES string of the molecule is C(=NC1CCCCC1)=NC1CCCCC1.CC(=O)O.CC(=O)OC(=NC1CCCCC1)NC1CCCCC1.CC(=O)ON1C(=O)CCC1=O.O=C1CCC(=O)N1O. The van der Waals surface area contributed by atoms with Crippen LogP contribution in [0.1, 0.15) is 175 Å². The maximum Gasteiger partial charge on any atom is 0.330 e. The van der Waals surface area contributed by atoms with Crippen molar-refractivity contribution in [1.29, 1.82) is 0 Å². The third-order valence-electron chi connectivity index (χ3n) is 9.93. The summed E-state index contributed by atoms with van der Waals surface area (Å²) >= 11 is 0. The molecule has 4 saturated carbocycles. The molecule has 0 atom stereocenters. The summed E-state index contributed by atoms with van der Waals surface area (Å²) in [6.07, 6.45) is 26.0. The number of hydroxylamine groups is 4. The number of amidine groups is 1. The Morgan fingerprint density at radius 2 is 0.965 bits per heavy atom. The molecule has 0 aromatic rings. The Kier molecular flexibility index (Phi) is 23.9. The van der Waals surface area contributed by atoms with Crippen molar-refractivity contribution in [3.63, 3.8) is 0 Å². The molecule has 3 N–H and O–H groups in total. The first-order valence-electron chi connectivity index (χ1n) is 20.7. The summed E-state index contributed by atoms with van der Waals surface area (Å²) in [4.78, 5) is 90.4. The van der Waals surface area contributed by atoms with Gasteiger partial charge < -0.3 is 20.0 Å². The molecule has 6 aliphatic rings. The molecule has 2 saturated heterocycles. The third-order valence-corrected chi connectivity index (χ3v) is 9.93. The van der Waals surface area contributed by atoms with Crippen molar-refractivity contribution in [3.05, 3.63) is 0 Å². The number of carboxylic acids is 1. The largest absolute Gasteiger partial charge is 0.481 e. The van der Waals surface area contributed by atoms with Gasteiger partial charge in [0.05, 0.1) is 24.1 Å². The second-order valence-corrected chi connectivity index (χ2v) is 15.0. The van der Waals surface area contributed by atoms with Crippen LogP contribution in [0.15, 0.2) is 15.0 Å². The summed E-state index contributed by atoms with van der Waals surface area (Å²) in [5, 5.41) is 19.8. The van der Waals surface area contributed by atoms with E-state index < -0.39 is 35.6 Å². The fourth-order valence-corrected chi connectivity index (χ4v) is 6.99. The predicted octanol–water partition coefficient (Wildman–Crippen LogP) is 6.22. The maximum absolute atomic E-state index is 11.2. The quantitative estimate of drug-likeness (QED) is 0.0925. The van der Waals surface area contributed by atoms with Gasteiger partial charge in [0.15, 0.2) is 0 Å². The topological polar surface area (TPSA) is 234 Å². The molecule has 6 rings (SSSR count). The molecule has 4 amide bonds. The van der Waals surface area contributed by atoms with Crippen LogP contribution in [0, 0.1) is 0 Å². The van der Waals surface area contributed by atoms with E-state index in [9.17, 15) is 28.8 Å². The van der Waals surface area contributed by atoms with Gasteiger partial charge in [-0.2, -0.15) is 5.06 Å². The first kappa shape index (κ1) is 48.6. The maximum atomic E-state index is 11.2. The first-order chi connectivity index (χ1) is 27.2. The average Bonchev–Trinajstić information content (AvgIpc) is 3.66. The Morgan fingerprint density at radius 3 is 1.32 bits per heavy atom. The standard InChI is InChI=1S/C15H26N2O2.C13H22N2.C6H7NO4.C4H5NO3.C2H4O2/c1-12(18)19-15(16-13-8-4-2-5-9-13)17-14-10-6-3-7-11-14;1-3-7-12(8-4-1)14-11-15-13-9-5-2-6-10-13;1-4(8)11-7-5(9)2-3-6(7)10;6-3-1-2-4(7)5(3)8;1-2(3)4/h13-14H,2-11H2,1H3,(H,16,17);12-13H,1-10H2;2-3H2,1H3;8H,1-2H2;1H3,(H,3,4). The lowest BCUT2D eigenvalue weighted by Crippen LogP contribution is -2.39. The molecule has 0 unspecified atom stereocenters. The van der Waals surface area contributed by atoms with Crippen LogP contribution in [0.4, 0.5) is 0 Å². The van der Waals surface area contributed by atoms with Crippen molar-refractivity contribution in [2.45, 2.75) is 199 Å². The Labute approximate surface area is 336 Å². The smallest absolute Gasteiger partial charge is 0.330 e. The van der Waals surface area contributed by atoms with Crippen molar-refractivity contribution in [3.8, 4) is 0 Å². The summed E-state index contributed by atoms with van der Waals surface area (Å²) in [6.45, 7) is 3.66. The van der Waals surface area contributed by atoms with Crippen LogP contribution >= 0.6 is 0 Å². The van der Waals surface area contributed by atoms with Gasteiger partial charge >= 0.3 is 11.9 Å². The van der Waals surface area contributed by atoms with Gasteiger partial charge in [-0.3, -0.25) is 34.0 Å². The number of imide groups is 2. The summed E-state index contributed by atoms with van der Waals surface area (Å²) < 4.78 is 5.26. The number of carbonyl (C=O) groups excluding carboxylic acids is 6. The molecular weight excluding hydrogens is 740 g/mol. The van der Waals surface area contributed by atoms with Gasteiger partial charge in [0, 0.05) is 52.5 Å². The summed E-state index contributed by atoms with van der Waals surface area (Å²) in [7, 11) is 0. The van der Waals surface area contributed by atoms with Crippen molar-refractivity contribution in [2.75, 3.05) is 0 Å². The van der Waals surface area contributed by atoms with Gasteiger partial charge in [0.2, 0.25) is 0 Å². The van der Waals surface area contributed by atoms with Crippen LogP contribution < -0.4 is 5.32 Å². The van der Waals surface area contributed by atoms with E-state index in [1.807, 2.05) is 0 Å². The zero-order valence-electron chi connectivity index (χ0n) is 34.1. The van der Waals surface area contributed by atoms with Gasteiger partial charge in [0.1, 0.15) is 0 Å². The van der Waals surface area contributed by atoms with Crippen LogP contribution in [0.2, 0.25) is 0 Å². The molecule has 57 heavy (non-hydrogen) atoms. The average molecular weight is 805 g/mol. The second kappa shape index (κ2) is 28.0. The van der Waals surface area contributed by atoms with Crippen LogP contribution in [0.5, 0.6) is 0 Å². The minimum atomic E-state index is -0.833. The number of aliphatic imine (C=N–C) groups is 3. The highest BCUT2D eigenvalue weighted by atomic mass is 16.7. The number of carbonyl (C=O) groups is 7. The Hall–Kier alpha value is -4.50. The molecule has 320 valence electrons. The molecule has 0 aromatic heterocycles.